The molecule has 1 N–H and O–H groups in total. The smallest absolute Gasteiger partial charge is 0.0674 e. The van der Waals surface area contributed by atoms with Crippen molar-refractivity contribution in [3.05, 3.63) is 21.9 Å². The lowest BCUT2D eigenvalue weighted by Crippen LogP contribution is -2.47. The lowest BCUT2D eigenvalue weighted by molar-refractivity contribution is -0.0588. The van der Waals surface area contributed by atoms with Crippen molar-refractivity contribution in [2.75, 3.05) is 19.8 Å². The predicted molar refractivity (Wildman–Crippen MR) is 82.8 cm³/mol. The summed E-state index contributed by atoms with van der Waals surface area (Å²) in [6.45, 7) is 7.25. The molecule has 2 atom stereocenters. The zero-order valence-corrected chi connectivity index (χ0v) is 13.1. The molecule has 0 bridgehead atoms. The number of thiophene rings is 1. The number of rotatable bonds is 4. The second kappa shape index (κ2) is 7.80. The number of hydrogen-bond acceptors (Lipinski definition) is 4. The van der Waals surface area contributed by atoms with Crippen LogP contribution in [-0.4, -0.2) is 41.9 Å². The molecule has 2 rings (SSSR count). The van der Waals surface area contributed by atoms with Gasteiger partial charge in [0.15, 0.2) is 0 Å². The topological polar surface area (TPSA) is 32.7 Å². The number of hydrogen-bond donors (Lipinski definition) is 1. The molecule has 4 heteroatoms. The van der Waals surface area contributed by atoms with Gasteiger partial charge in [0, 0.05) is 36.0 Å². The third-order valence-corrected chi connectivity index (χ3v) is 4.51. The minimum atomic E-state index is 0.130. The van der Waals surface area contributed by atoms with E-state index < -0.39 is 0 Å². The highest BCUT2D eigenvalue weighted by atomic mass is 32.1. The second-order valence-corrected chi connectivity index (χ2v) is 6.17. The maximum Gasteiger partial charge on any atom is 0.0674 e. The van der Waals surface area contributed by atoms with Gasteiger partial charge in [-0.2, -0.15) is 0 Å². The third kappa shape index (κ3) is 4.07. The van der Waals surface area contributed by atoms with Gasteiger partial charge in [-0.15, -0.1) is 11.3 Å². The Hall–Kier alpha value is -0.860. The molecule has 0 aliphatic carbocycles. The highest BCUT2D eigenvalue weighted by Crippen LogP contribution is 2.23. The average Bonchev–Trinajstić information content (AvgIpc) is 2.87. The van der Waals surface area contributed by atoms with Gasteiger partial charge in [-0.1, -0.05) is 18.8 Å². The SMILES string of the molecule is CCC1COC(C)CN1Cc1sccc1C#CCCO. The summed E-state index contributed by atoms with van der Waals surface area (Å²) in [5, 5.41) is 10.9. The van der Waals surface area contributed by atoms with E-state index >= 15 is 0 Å². The molecule has 1 saturated heterocycles. The second-order valence-electron chi connectivity index (χ2n) is 5.17. The molecule has 1 aromatic rings. The number of aliphatic hydroxyl groups is 1. The van der Waals surface area contributed by atoms with E-state index in [2.05, 4.69) is 42.0 Å². The van der Waals surface area contributed by atoms with Crippen LogP contribution >= 0.6 is 11.3 Å². The molecule has 2 unspecified atom stereocenters. The summed E-state index contributed by atoms with van der Waals surface area (Å²) in [6, 6.07) is 2.58. The first-order valence-corrected chi connectivity index (χ1v) is 8.14. The number of nitrogens with zero attached hydrogens (tertiary/aromatic N) is 1. The van der Waals surface area contributed by atoms with E-state index in [1.807, 2.05) is 0 Å². The van der Waals surface area contributed by atoms with Crippen LogP contribution in [-0.2, 0) is 11.3 Å². The highest BCUT2D eigenvalue weighted by molar-refractivity contribution is 7.10. The fourth-order valence-electron chi connectivity index (χ4n) is 2.45. The van der Waals surface area contributed by atoms with Crippen LogP contribution in [0.15, 0.2) is 11.4 Å². The first-order valence-electron chi connectivity index (χ1n) is 7.26. The van der Waals surface area contributed by atoms with Crippen molar-refractivity contribution < 1.29 is 9.84 Å². The Bertz CT molecular complexity index is 474. The van der Waals surface area contributed by atoms with Crippen LogP contribution in [0.2, 0.25) is 0 Å². The number of morpholine rings is 1. The van der Waals surface area contributed by atoms with Gasteiger partial charge in [0.25, 0.3) is 0 Å². The Morgan fingerprint density at radius 3 is 3.15 bits per heavy atom. The normalized spacial score (nSPS) is 23.4. The van der Waals surface area contributed by atoms with Gasteiger partial charge in [-0.05, 0) is 24.8 Å². The molecule has 1 aliphatic rings. The molecule has 0 amide bonds. The number of aliphatic hydroxyl groups excluding tert-OH is 1. The fourth-order valence-corrected chi connectivity index (χ4v) is 3.31. The summed E-state index contributed by atoms with van der Waals surface area (Å²) in [7, 11) is 0. The van der Waals surface area contributed by atoms with Gasteiger partial charge in [0.05, 0.1) is 19.3 Å². The van der Waals surface area contributed by atoms with Gasteiger partial charge in [-0.3, -0.25) is 4.90 Å². The summed E-state index contributed by atoms with van der Waals surface area (Å²) < 4.78 is 5.75. The Morgan fingerprint density at radius 1 is 1.55 bits per heavy atom. The third-order valence-electron chi connectivity index (χ3n) is 3.60. The van der Waals surface area contributed by atoms with Gasteiger partial charge >= 0.3 is 0 Å². The fraction of sp³-hybridized carbons (Fsp3) is 0.625. The standard InChI is InChI=1S/C16H23NO2S/c1-3-15-12-19-13(2)10-17(15)11-16-14(7-9-20-16)6-4-5-8-18/h7,9,13,15,18H,3,5,8,10-12H2,1-2H3. The largest absolute Gasteiger partial charge is 0.395 e. The molecule has 1 aliphatic heterocycles. The minimum absolute atomic E-state index is 0.130. The Labute approximate surface area is 125 Å². The quantitative estimate of drug-likeness (QED) is 0.866. The molecular formula is C16H23NO2S. The first-order chi connectivity index (χ1) is 9.74. The van der Waals surface area contributed by atoms with E-state index in [1.54, 1.807) is 11.3 Å². The molecule has 20 heavy (non-hydrogen) atoms. The van der Waals surface area contributed by atoms with Crippen LogP contribution in [0.1, 0.15) is 37.1 Å². The van der Waals surface area contributed by atoms with Crippen molar-refractivity contribution in [1.82, 2.24) is 4.90 Å². The maximum absolute atomic E-state index is 8.80. The van der Waals surface area contributed by atoms with Gasteiger partial charge in [-0.25, -0.2) is 0 Å². The van der Waals surface area contributed by atoms with E-state index in [4.69, 9.17) is 9.84 Å². The summed E-state index contributed by atoms with van der Waals surface area (Å²) in [6.07, 6.45) is 1.96. The van der Waals surface area contributed by atoms with E-state index in [0.29, 0.717) is 18.6 Å². The average molecular weight is 293 g/mol. The zero-order valence-electron chi connectivity index (χ0n) is 12.3. The summed E-state index contributed by atoms with van der Waals surface area (Å²) in [4.78, 5) is 3.83. The van der Waals surface area contributed by atoms with Crippen molar-refractivity contribution in [3.8, 4) is 11.8 Å². The summed E-state index contributed by atoms with van der Waals surface area (Å²) in [5.41, 5.74) is 1.11. The molecule has 110 valence electrons. The van der Waals surface area contributed by atoms with Crippen molar-refractivity contribution in [2.24, 2.45) is 0 Å². The highest BCUT2D eigenvalue weighted by Gasteiger charge is 2.26. The Morgan fingerprint density at radius 2 is 2.40 bits per heavy atom. The Balaban J connectivity index is 2.05. The zero-order chi connectivity index (χ0) is 14.4. The summed E-state index contributed by atoms with van der Waals surface area (Å²) >= 11 is 1.77. The van der Waals surface area contributed by atoms with Crippen LogP contribution in [0.5, 0.6) is 0 Å². The molecule has 1 aromatic heterocycles. The van der Waals surface area contributed by atoms with Crippen LogP contribution in [0.3, 0.4) is 0 Å². The molecule has 0 radical (unpaired) electrons. The van der Waals surface area contributed by atoms with Gasteiger partial charge in [0.2, 0.25) is 0 Å². The lowest BCUT2D eigenvalue weighted by Gasteiger charge is -2.38. The number of ether oxygens (including phenoxy) is 1. The van der Waals surface area contributed by atoms with Crippen LogP contribution in [0.25, 0.3) is 0 Å². The van der Waals surface area contributed by atoms with E-state index in [0.717, 1.165) is 31.7 Å². The Kier molecular flexibility index (Phi) is 6.06. The summed E-state index contributed by atoms with van der Waals surface area (Å²) in [5.74, 6) is 6.18. The van der Waals surface area contributed by atoms with Crippen molar-refractivity contribution in [2.45, 2.75) is 45.4 Å². The first kappa shape index (κ1) is 15.5. The minimum Gasteiger partial charge on any atom is -0.395 e. The van der Waals surface area contributed by atoms with E-state index in [-0.39, 0.29) is 6.61 Å². The molecule has 2 heterocycles. The molecular weight excluding hydrogens is 270 g/mol. The van der Waals surface area contributed by atoms with Gasteiger partial charge in [0.1, 0.15) is 0 Å². The molecule has 3 nitrogen and oxygen atoms in total. The van der Waals surface area contributed by atoms with E-state index in [9.17, 15) is 0 Å². The van der Waals surface area contributed by atoms with Crippen molar-refractivity contribution in [3.63, 3.8) is 0 Å². The van der Waals surface area contributed by atoms with Crippen LogP contribution in [0, 0.1) is 11.8 Å². The van der Waals surface area contributed by atoms with E-state index in [1.165, 1.54) is 4.88 Å². The maximum atomic E-state index is 8.80. The van der Waals surface area contributed by atoms with Crippen LogP contribution in [0.4, 0.5) is 0 Å². The van der Waals surface area contributed by atoms with Gasteiger partial charge < -0.3 is 9.84 Å². The lowest BCUT2D eigenvalue weighted by atomic mass is 10.1. The van der Waals surface area contributed by atoms with Crippen molar-refractivity contribution in [1.29, 1.82) is 0 Å². The molecule has 0 aromatic carbocycles. The molecule has 0 spiro atoms. The van der Waals surface area contributed by atoms with Crippen molar-refractivity contribution >= 4 is 11.3 Å². The molecule has 1 fully saturated rings. The monoisotopic (exact) mass is 293 g/mol. The van der Waals surface area contributed by atoms with Crippen LogP contribution < -0.4 is 0 Å². The molecule has 0 saturated carbocycles. The predicted octanol–water partition coefficient (Wildman–Crippen LogP) is 2.48.